The van der Waals surface area contributed by atoms with Gasteiger partial charge in [-0.3, -0.25) is 0 Å². The van der Waals surface area contributed by atoms with Crippen molar-refractivity contribution in [2.24, 2.45) is 17.8 Å². The molecule has 5 rings (SSSR count). The molecule has 0 radical (unpaired) electrons. The van der Waals surface area contributed by atoms with Crippen molar-refractivity contribution in [3.05, 3.63) is 119 Å². The monoisotopic (exact) mass is 628 g/mol. The summed E-state index contributed by atoms with van der Waals surface area (Å²) >= 11 is 0. The van der Waals surface area contributed by atoms with Gasteiger partial charge in [0.15, 0.2) is 0 Å². The van der Waals surface area contributed by atoms with Crippen molar-refractivity contribution in [1.82, 2.24) is 0 Å². The van der Waals surface area contributed by atoms with Crippen LogP contribution in [-0.2, 0) is 21.7 Å². The molecule has 0 bridgehead atoms. The van der Waals surface area contributed by atoms with Gasteiger partial charge in [0.05, 0.1) is 0 Å². The molecule has 3 aromatic rings. The summed E-state index contributed by atoms with van der Waals surface area (Å²) in [6, 6.07) is 22.2. The smallest absolute Gasteiger partial charge is 1.00 e. The van der Waals surface area contributed by atoms with Crippen molar-refractivity contribution >= 4 is 23.6 Å². The summed E-state index contributed by atoms with van der Waals surface area (Å²) in [4.78, 5) is 0. The van der Waals surface area contributed by atoms with Crippen LogP contribution in [0.4, 0.5) is 0 Å². The number of fused-ring (bicyclic) bond motifs is 1. The molecule has 0 aliphatic heterocycles. The molecule has 1 saturated carbocycles. The van der Waals surface area contributed by atoms with Gasteiger partial charge in [-0.25, -0.2) is 0 Å². The summed E-state index contributed by atoms with van der Waals surface area (Å²) in [5.41, 5.74) is 8.78. The maximum absolute atomic E-state index is 2.64. The Hall–Kier alpha value is -1.06. The van der Waals surface area contributed by atoms with E-state index in [0.29, 0.717) is 23.3 Å². The molecule has 1 fully saturated rings. The number of hydrogen-bond acceptors (Lipinski definition) is 0. The van der Waals surface area contributed by atoms with Crippen LogP contribution in [0.3, 0.4) is 0 Å². The summed E-state index contributed by atoms with van der Waals surface area (Å²) in [6.45, 7) is 16.1. The molecule has 39 heavy (non-hydrogen) atoms. The first-order valence-corrected chi connectivity index (χ1v) is 15.2. The number of halogens is 3. The van der Waals surface area contributed by atoms with E-state index in [0.717, 1.165) is 0 Å². The van der Waals surface area contributed by atoms with E-state index in [1.165, 1.54) is 33.4 Å². The first kappa shape index (κ1) is 36.0. The van der Waals surface area contributed by atoms with Gasteiger partial charge in [-0.1, -0.05) is 119 Å². The average Bonchev–Trinajstić information content (AvgIpc) is 3.09. The maximum Gasteiger partial charge on any atom is 4.00 e. The van der Waals surface area contributed by atoms with Gasteiger partial charge in [0.1, 0.15) is 8.07 Å². The standard InChI is InChI=1S/C34H39Si.3ClH.Ti/c1-22-12-23(2)16-30(15-22)35(31-17-24(3)13-25(4)18-31,32-19-26(5)14-27(6)20-32)34-28(7)21-29-10-8-9-11-33(29)34;;;;/h8-21,28-29,33-34H,1-7H3;3*1H;/q-1;;;;+4/p-3. The minimum absolute atomic E-state index is 0. The second-order valence-electron chi connectivity index (χ2n) is 11.4. The SMILES string of the molecule is Cc1cc(C)cc([Si](c2cc(C)cc(C)c2)(c2cc(C)cc(C)c2)C2C(C)[CH-]C3C=CC=CC32)c1.[Cl-].[Cl-].[Cl-].[Ti+4]. The molecule has 4 unspecified atom stereocenters. The summed E-state index contributed by atoms with van der Waals surface area (Å²) in [5, 5.41) is 4.71. The van der Waals surface area contributed by atoms with Crippen LogP contribution >= 0.6 is 0 Å². The van der Waals surface area contributed by atoms with Gasteiger partial charge in [-0.2, -0.15) is 5.92 Å². The molecule has 0 spiro atoms. The van der Waals surface area contributed by atoms with Gasteiger partial charge in [-0.15, -0.1) is 12.0 Å². The maximum atomic E-state index is 2.64. The first-order chi connectivity index (χ1) is 16.7. The Kier molecular flexibility index (Phi) is 13.1. The van der Waals surface area contributed by atoms with E-state index in [1.807, 2.05) is 0 Å². The summed E-state index contributed by atoms with van der Waals surface area (Å²) in [5.74, 6) is 1.59. The summed E-state index contributed by atoms with van der Waals surface area (Å²) < 4.78 is 0. The fourth-order valence-corrected chi connectivity index (χ4v) is 14.1. The van der Waals surface area contributed by atoms with E-state index in [4.69, 9.17) is 0 Å². The fourth-order valence-electron chi connectivity index (χ4n) is 7.38. The van der Waals surface area contributed by atoms with E-state index in [-0.39, 0.29) is 58.9 Å². The van der Waals surface area contributed by atoms with Crippen LogP contribution in [-0.4, -0.2) is 8.07 Å². The molecule has 5 heteroatoms. The van der Waals surface area contributed by atoms with Crippen molar-refractivity contribution in [1.29, 1.82) is 0 Å². The minimum atomic E-state index is -2.47. The third-order valence-electron chi connectivity index (χ3n) is 8.26. The van der Waals surface area contributed by atoms with E-state index >= 15 is 0 Å². The molecule has 204 valence electrons. The van der Waals surface area contributed by atoms with Crippen LogP contribution in [0.1, 0.15) is 40.3 Å². The zero-order chi connectivity index (χ0) is 24.9. The van der Waals surface area contributed by atoms with Gasteiger partial charge >= 0.3 is 21.7 Å². The van der Waals surface area contributed by atoms with Gasteiger partial charge in [0, 0.05) is 0 Å². The van der Waals surface area contributed by atoms with E-state index < -0.39 is 8.07 Å². The van der Waals surface area contributed by atoms with Crippen molar-refractivity contribution in [3.63, 3.8) is 0 Å². The Bertz CT molecular complexity index is 1160. The number of rotatable bonds is 4. The summed E-state index contributed by atoms with van der Waals surface area (Å²) in [6.07, 6.45) is 12.1. The molecule has 0 heterocycles. The molecule has 2 aliphatic carbocycles. The third-order valence-corrected chi connectivity index (χ3v) is 13.8. The fraction of sp³-hybridized carbons (Fsp3) is 0.324. The Morgan fingerprint density at radius 2 is 0.872 bits per heavy atom. The molecule has 0 aromatic heterocycles. The first-order valence-electron chi connectivity index (χ1n) is 13.1. The van der Waals surface area contributed by atoms with Crippen molar-refractivity contribution < 1.29 is 58.9 Å². The number of hydrogen-bond donors (Lipinski definition) is 0. The van der Waals surface area contributed by atoms with Crippen LogP contribution in [0.25, 0.3) is 0 Å². The average molecular weight is 630 g/mol. The van der Waals surface area contributed by atoms with Crippen molar-refractivity contribution in [3.8, 4) is 0 Å². The predicted molar refractivity (Wildman–Crippen MR) is 155 cm³/mol. The normalized spacial score (nSPS) is 21.1. The number of aryl methyl sites for hydroxylation is 6. The quantitative estimate of drug-likeness (QED) is 0.172. The van der Waals surface area contributed by atoms with Crippen LogP contribution < -0.4 is 52.8 Å². The van der Waals surface area contributed by atoms with Crippen LogP contribution in [0, 0.1) is 65.7 Å². The van der Waals surface area contributed by atoms with Gasteiger partial charge < -0.3 is 43.6 Å². The zero-order valence-corrected chi connectivity index (χ0v) is 28.9. The molecular formula is C34H39Cl3SiTi. The zero-order valence-electron chi connectivity index (χ0n) is 24.0. The second kappa shape index (κ2) is 14.2. The molecule has 0 amide bonds. The van der Waals surface area contributed by atoms with Gasteiger partial charge in [0.2, 0.25) is 0 Å². The number of benzene rings is 3. The molecule has 2 aliphatic rings. The van der Waals surface area contributed by atoms with E-state index in [2.05, 4.69) is 134 Å². The summed E-state index contributed by atoms with van der Waals surface area (Å²) in [7, 11) is -2.47. The molecular weight excluding hydrogens is 591 g/mol. The Balaban J connectivity index is 0.00000190. The van der Waals surface area contributed by atoms with Crippen LogP contribution in [0.15, 0.2) is 78.9 Å². The van der Waals surface area contributed by atoms with E-state index in [9.17, 15) is 0 Å². The third kappa shape index (κ3) is 6.72. The second-order valence-corrected chi connectivity index (χ2v) is 15.5. The predicted octanol–water partition coefficient (Wildman–Crippen LogP) is -2.40. The minimum Gasteiger partial charge on any atom is -1.00 e. The number of allylic oxidation sites excluding steroid dienone is 4. The Morgan fingerprint density at radius 1 is 0.538 bits per heavy atom. The van der Waals surface area contributed by atoms with Crippen LogP contribution in [0.2, 0.25) is 5.54 Å². The Morgan fingerprint density at radius 3 is 1.23 bits per heavy atom. The van der Waals surface area contributed by atoms with E-state index in [1.54, 1.807) is 15.6 Å². The molecule has 4 atom stereocenters. The van der Waals surface area contributed by atoms with Crippen LogP contribution in [0.5, 0.6) is 0 Å². The van der Waals surface area contributed by atoms with Crippen molar-refractivity contribution in [2.75, 3.05) is 0 Å². The van der Waals surface area contributed by atoms with Crippen molar-refractivity contribution in [2.45, 2.75) is 54.0 Å². The molecule has 0 saturated heterocycles. The molecule has 3 aromatic carbocycles. The van der Waals surface area contributed by atoms with Gasteiger partial charge in [0.25, 0.3) is 0 Å². The Labute approximate surface area is 271 Å². The molecule has 0 nitrogen and oxygen atoms in total. The largest absolute Gasteiger partial charge is 4.00 e. The topological polar surface area (TPSA) is 0 Å². The molecule has 0 N–H and O–H groups in total. The van der Waals surface area contributed by atoms with Gasteiger partial charge in [-0.05, 0) is 63.0 Å².